The largest absolute Gasteiger partial charge is 0.497 e. The van der Waals surface area contributed by atoms with E-state index in [1.54, 1.807) is 7.11 Å². The minimum atomic E-state index is 0.621. The van der Waals surface area contributed by atoms with Gasteiger partial charge < -0.3 is 15.0 Å². The van der Waals surface area contributed by atoms with Gasteiger partial charge in [-0.1, -0.05) is 25.7 Å². The molecule has 0 unspecified atom stereocenters. The first-order valence-electron chi connectivity index (χ1n) is 9.00. The van der Waals surface area contributed by atoms with Gasteiger partial charge in [-0.2, -0.15) is 0 Å². The average molecular weight is 302 g/mol. The minimum absolute atomic E-state index is 0.621. The Morgan fingerprint density at radius 1 is 0.909 bits per heavy atom. The Morgan fingerprint density at radius 3 is 2.14 bits per heavy atom. The third-order valence-electron chi connectivity index (χ3n) is 5.33. The number of nitrogens with zero attached hydrogens (tertiary/aromatic N) is 1. The lowest BCUT2D eigenvalue weighted by atomic mass is 9.99. The molecule has 2 fully saturated rings. The van der Waals surface area contributed by atoms with Crippen molar-refractivity contribution in [2.45, 2.75) is 63.5 Å². The van der Waals surface area contributed by atoms with Crippen LogP contribution in [0.3, 0.4) is 0 Å². The molecule has 0 atom stereocenters. The predicted molar refractivity (Wildman–Crippen MR) is 92.7 cm³/mol. The van der Waals surface area contributed by atoms with E-state index >= 15 is 0 Å². The highest BCUT2D eigenvalue weighted by Crippen LogP contribution is 2.26. The number of piperidine rings is 1. The van der Waals surface area contributed by atoms with Gasteiger partial charge in [0.25, 0.3) is 0 Å². The first-order chi connectivity index (χ1) is 10.8. The molecule has 1 saturated carbocycles. The lowest BCUT2D eigenvalue weighted by molar-refractivity contribution is 0.143. The zero-order valence-corrected chi connectivity index (χ0v) is 13.9. The molecule has 3 nitrogen and oxygen atoms in total. The zero-order chi connectivity index (χ0) is 15.2. The maximum absolute atomic E-state index is 5.22. The van der Waals surface area contributed by atoms with Crippen LogP contribution >= 0.6 is 0 Å². The minimum Gasteiger partial charge on any atom is -0.497 e. The number of anilines is 1. The summed E-state index contributed by atoms with van der Waals surface area (Å²) in [4.78, 5) is 2.76. The lowest BCUT2D eigenvalue weighted by Crippen LogP contribution is -2.44. The number of likely N-dealkylation sites (tertiary alicyclic amines) is 1. The van der Waals surface area contributed by atoms with E-state index in [0.717, 1.165) is 11.8 Å². The summed E-state index contributed by atoms with van der Waals surface area (Å²) in [5.74, 6) is 0.925. The molecule has 3 heteroatoms. The second-order valence-corrected chi connectivity index (χ2v) is 6.83. The highest BCUT2D eigenvalue weighted by Gasteiger charge is 2.25. The van der Waals surface area contributed by atoms with Gasteiger partial charge in [-0.3, -0.25) is 0 Å². The van der Waals surface area contributed by atoms with Gasteiger partial charge in [0.1, 0.15) is 5.75 Å². The van der Waals surface area contributed by atoms with Crippen molar-refractivity contribution >= 4 is 5.69 Å². The Morgan fingerprint density at radius 2 is 1.55 bits per heavy atom. The van der Waals surface area contributed by atoms with Crippen LogP contribution < -0.4 is 10.1 Å². The topological polar surface area (TPSA) is 24.5 Å². The number of benzene rings is 1. The van der Waals surface area contributed by atoms with Crippen LogP contribution in [0.25, 0.3) is 0 Å². The van der Waals surface area contributed by atoms with E-state index in [-0.39, 0.29) is 0 Å². The van der Waals surface area contributed by atoms with Crippen LogP contribution in [0.5, 0.6) is 5.75 Å². The second-order valence-electron chi connectivity index (χ2n) is 6.83. The second kappa shape index (κ2) is 7.87. The maximum Gasteiger partial charge on any atom is 0.119 e. The number of hydrogen-bond donors (Lipinski definition) is 1. The van der Waals surface area contributed by atoms with Crippen molar-refractivity contribution in [3.63, 3.8) is 0 Å². The number of nitrogens with one attached hydrogen (secondary N) is 1. The van der Waals surface area contributed by atoms with E-state index in [1.807, 2.05) is 12.1 Å². The monoisotopic (exact) mass is 302 g/mol. The van der Waals surface area contributed by atoms with Gasteiger partial charge >= 0.3 is 0 Å². The summed E-state index contributed by atoms with van der Waals surface area (Å²) >= 11 is 0. The first kappa shape index (κ1) is 15.7. The Labute approximate surface area is 135 Å². The van der Waals surface area contributed by atoms with E-state index < -0.39 is 0 Å². The Kier molecular flexibility index (Phi) is 5.60. The average Bonchev–Trinajstić information content (AvgIpc) is 2.86. The fraction of sp³-hybridized carbons (Fsp3) is 0.684. The van der Waals surface area contributed by atoms with Gasteiger partial charge in [0, 0.05) is 30.9 Å². The van der Waals surface area contributed by atoms with E-state index in [1.165, 1.54) is 70.1 Å². The van der Waals surface area contributed by atoms with E-state index in [0.29, 0.717) is 6.04 Å². The van der Waals surface area contributed by atoms with Crippen molar-refractivity contribution < 1.29 is 4.74 Å². The number of rotatable bonds is 4. The molecule has 1 aromatic rings. The van der Waals surface area contributed by atoms with E-state index in [4.69, 9.17) is 4.74 Å². The fourth-order valence-corrected chi connectivity index (χ4v) is 3.95. The standard InChI is InChI=1S/C19H30N2O/c1-22-19-10-8-16(9-11-19)20-17-12-14-21(15-13-17)18-6-4-2-3-5-7-18/h8-11,17-18,20H,2-7,12-15H2,1H3. The SMILES string of the molecule is COc1ccc(NC2CCN(C3CCCCCC3)CC2)cc1. The fourth-order valence-electron chi connectivity index (χ4n) is 3.95. The smallest absolute Gasteiger partial charge is 0.119 e. The Hall–Kier alpha value is -1.22. The molecule has 1 aliphatic heterocycles. The normalized spacial score (nSPS) is 22.2. The molecule has 1 aliphatic carbocycles. The summed E-state index contributed by atoms with van der Waals surface area (Å²) in [5, 5.41) is 3.69. The summed E-state index contributed by atoms with van der Waals surface area (Å²) in [6.45, 7) is 2.52. The van der Waals surface area contributed by atoms with Crippen molar-refractivity contribution in [2.24, 2.45) is 0 Å². The van der Waals surface area contributed by atoms with Gasteiger partial charge in [0.2, 0.25) is 0 Å². The highest BCUT2D eigenvalue weighted by molar-refractivity contribution is 5.47. The molecule has 0 spiro atoms. The van der Waals surface area contributed by atoms with Crippen molar-refractivity contribution in [1.82, 2.24) is 4.90 Å². The molecule has 0 amide bonds. The van der Waals surface area contributed by atoms with Crippen LogP contribution in [-0.4, -0.2) is 37.2 Å². The molecule has 22 heavy (non-hydrogen) atoms. The summed E-state index contributed by atoms with van der Waals surface area (Å²) in [7, 11) is 1.71. The van der Waals surface area contributed by atoms with Crippen LogP contribution in [0.1, 0.15) is 51.4 Å². The summed E-state index contributed by atoms with van der Waals surface area (Å²) < 4.78 is 5.22. The molecule has 1 heterocycles. The molecule has 0 bridgehead atoms. The molecular weight excluding hydrogens is 272 g/mol. The number of methoxy groups -OCH3 is 1. The molecule has 0 radical (unpaired) electrons. The van der Waals surface area contributed by atoms with Crippen LogP contribution in [0, 0.1) is 0 Å². The molecule has 3 rings (SSSR count). The van der Waals surface area contributed by atoms with Crippen molar-refractivity contribution in [3.05, 3.63) is 24.3 Å². The Bertz CT molecular complexity index is 429. The highest BCUT2D eigenvalue weighted by atomic mass is 16.5. The number of hydrogen-bond acceptors (Lipinski definition) is 3. The van der Waals surface area contributed by atoms with Crippen molar-refractivity contribution in [3.8, 4) is 5.75 Å². The summed E-state index contributed by atoms with van der Waals surface area (Å²) in [6, 6.07) is 9.79. The van der Waals surface area contributed by atoms with Crippen LogP contribution in [0.2, 0.25) is 0 Å². The van der Waals surface area contributed by atoms with Gasteiger partial charge in [0.15, 0.2) is 0 Å². The zero-order valence-electron chi connectivity index (χ0n) is 13.9. The van der Waals surface area contributed by atoms with Gasteiger partial charge in [0.05, 0.1) is 7.11 Å². The molecule has 2 aliphatic rings. The molecular formula is C19H30N2O. The molecule has 1 saturated heterocycles. The molecule has 1 N–H and O–H groups in total. The van der Waals surface area contributed by atoms with E-state index in [2.05, 4.69) is 22.3 Å². The van der Waals surface area contributed by atoms with Crippen LogP contribution in [-0.2, 0) is 0 Å². The summed E-state index contributed by atoms with van der Waals surface area (Å²) in [5.41, 5.74) is 1.22. The quantitative estimate of drug-likeness (QED) is 0.840. The third kappa shape index (κ3) is 4.16. The van der Waals surface area contributed by atoms with Crippen LogP contribution in [0.4, 0.5) is 5.69 Å². The summed E-state index contributed by atoms with van der Waals surface area (Å²) in [6.07, 6.45) is 11.2. The van der Waals surface area contributed by atoms with Gasteiger partial charge in [-0.25, -0.2) is 0 Å². The van der Waals surface area contributed by atoms with Gasteiger partial charge in [-0.05, 0) is 49.9 Å². The maximum atomic E-state index is 5.22. The number of ether oxygens (including phenoxy) is 1. The predicted octanol–water partition coefficient (Wildman–Crippen LogP) is 4.29. The molecule has 1 aromatic carbocycles. The molecule has 122 valence electrons. The Balaban J connectivity index is 1.46. The first-order valence-corrected chi connectivity index (χ1v) is 9.00. The lowest BCUT2D eigenvalue weighted by Gasteiger charge is -2.38. The van der Waals surface area contributed by atoms with Crippen molar-refractivity contribution in [1.29, 1.82) is 0 Å². The van der Waals surface area contributed by atoms with Crippen LogP contribution in [0.15, 0.2) is 24.3 Å². The van der Waals surface area contributed by atoms with Crippen molar-refractivity contribution in [2.75, 3.05) is 25.5 Å². The van der Waals surface area contributed by atoms with Gasteiger partial charge in [-0.15, -0.1) is 0 Å². The molecule has 0 aromatic heterocycles. The third-order valence-corrected chi connectivity index (χ3v) is 5.33. The van der Waals surface area contributed by atoms with E-state index in [9.17, 15) is 0 Å².